The summed E-state index contributed by atoms with van der Waals surface area (Å²) in [6, 6.07) is 0.284. The van der Waals surface area contributed by atoms with Crippen molar-refractivity contribution in [2.45, 2.75) is 19.9 Å². The fourth-order valence-electron chi connectivity index (χ4n) is 1.65. The van der Waals surface area contributed by atoms with E-state index in [1.807, 2.05) is 0 Å². The van der Waals surface area contributed by atoms with E-state index in [0.717, 1.165) is 13.1 Å². The van der Waals surface area contributed by atoms with Crippen LogP contribution in [0.4, 0.5) is 0 Å². The smallest absolute Gasteiger partial charge is 0.332 e. The molecule has 6 heteroatoms. The largest absolute Gasteiger partial charge is 0.464 e. The molecule has 1 atom stereocenters. The maximum Gasteiger partial charge on any atom is 0.332 e. The predicted molar refractivity (Wildman–Crippen MR) is 72.2 cm³/mol. The summed E-state index contributed by atoms with van der Waals surface area (Å²) in [6.45, 7) is 7.58. The second kappa shape index (κ2) is 12.3. The maximum atomic E-state index is 11.1. The predicted octanol–water partition coefficient (Wildman–Crippen LogP) is 0.549. The Morgan fingerprint density at radius 1 is 1.16 bits per heavy atom. The van der Waals surface area contributed by atoms with Gasteiger partial charge in [0.2, 0.25) is 0 Å². The van der Waals surface area contributed by atoms with Crippen LogP contribution in [-0.2, 0) is 23.7 Å². The van der Waals surface area contributed by atoms with Gasteiger partial charge >= 0.3 is 5.97 Å². The van der Waals surface area contributed by atoms with E-state index in [0.29, 0.717) is 26.4 Å². The molecule has 0 aromatic rings. The third-order valence-electron chi connectivity index (χ3n) is 2.66. The average molecular weight is 277 g/mol. The molecule has 0 aliphatic heterocycles. The Hall–Kier alpha value is -0.690. The number of nitrogens with zero attached hydrogens (tertiary/aromatic N) is 1. The van der Waals surface area contributed by atoms with Crippen molar-refractivity contribution < 1.29 is 23.7 Å². The summed E-state index contributed by atoms with van der Waals surface area (Å²) in [4.78, 5) is 13.3. The number of carbonyl (C=O) groups excluding carboxylic acids is 1. The zero-order valence-electron chi connectivity index (χ0n) is 12.5. The Morgan fingerprint density at radius 3 is 2.42 bits per heavy atom. The van der Waals surface area contributed by atoms with Crippen molar-refractivity contribution in [3.05, 3.63) is 0 Å². The van der Waals surface area contributed by atoms with Gasteiger partial charge in [0.15, 0.2) is 0 Å². The topological polar surface area (TPSA) is 57.2 Å². The molecular weight excluding hydrogens is 250 g/mol. The molecule has 6 nitrogen and oxygen atoms in total. The number of ether oxygens (including phenoxy) is 4. The number of methoxy groups -OCH3 is 2. The summed E-state index contributed by atoms with van der Waals surface area (Å²) in [7, 11) is 3.36. The Kier molecular flexibility index (Phi) is 11.9. The van der Waals surface area contributed by atoms with E-state index in [2.05, 4.69) is 11.8 Å². The van der Waals surface area contributed by atoms with E-state index in [1.165, 1.54) is 0 Å². The van der Waals surface area contributed by atoms with Gasteiger partial charge in [-0.1, -0.05) is 0 Å². The Morgan fingerprint density at radius 2 is 1.84 bits per heavy atom. The molecule has 0 heterocycles. The maximum absolute atomic E-state index is 11.1. The lowest BCUT2D eigenvalue weighted by Gasteiger charge is -2.28. The molecular formula is C13H27NO5. The third-order valence-corrected chi connectivity index (χ3v) is 2.66. The molecule has 0 N–H and O–H groups in total. The summed E-state index contributed by atoms with van der Waals surface area (Å²) in [5.41, 5.74) is 0. The first-order chi connectivity index (χ1) is 9.15. The molecule has 0 aromatic heterocycles. The molecule has 0 saturated heterocycles. The standard InChI is InChI=1S/C13H27NO5/c1-5-19-13(15)11-18-9-7-14(6-8-16-3)12(2)10-17-4/h12H,5-11H2,1-4H3. The van der Waals surface area contributed by atoms with Crippen LogP contribution in [0.1, 0.15) is 13.8 Å². The molecule has 0 fully saturated rings. The zero-order chi connectivity index (χ0) is 14.5. The van der Waals surface area contributed by atoms with Gasteiger partial charge in [-0.05, 0) is 13.8 Å². The molecule has 0 radical (unpaired) electrons. The lowest BCUT2D eigenvalue weighted by atomic mass is 10.3. The van der Waals surface area contributed by atoms with E-state index in [1.54, 1.807) is 21.1 Å². The number of carbonyl (C=O) groups is 1. The second-order valence-electron chi connectivity index (χ2n) is 4.19. The summed E-state index contributed by atoms with van der Waals surface area (Å²) >= 11 is 0. The van der Waals surface area contributed by atoms with Gasteiger partial charge in [-0.3, -0.25) is 4.90 Å². The molecule has 114 valence electrons. The van der Waals surface area contributed by atoms with Crippen molar-refractivity contribution in [1.29, 1.82) is 0 Å². The van der Waals surface area contributed by atoms with E-state index in [9.17, 15) is 4.79 Å². The molecule has 0 bridgehead atoms. The lowest BCUT2D eigenvalue weighted by molar-refractivity contribution is -0.148. The number of esters is 1. The van der Waals surface area contributed by atoms with Crippen LogP contribution < -0.4 is 0 Å². The third kappa shape index (κ3) is 9.84. The summed E-state index contributed by atoms with van der Waals surface area (Å²) in [5.74, 6) is -0.323. The second-order valence-corrected chi connectivity index (χ2v) is 4.19. The van der Waals surface area contributed by atoms with Crippen molar-refractivity contribution in [3.63, 3.8) is 0 Å². The van der Waals surface area contributed by atoms with Gasteiger partial charge in [0.05, 0.1) is 26.4 Å². The van der Waals surface area contributed by atoms with Crippen LogP contribution in [0, 0.1) is 0 Å². The first kappa shape index (κ1) is 18.3. The minimum Gasteiger partial charge on any atom is -0.464 e. The van der Waals surface area contributed by atoms with Crippen LogP contribution >= 0.6 is 0 Å². The number of hydrogen-bond donors (Lipinski definition) is 0. The van der Waals surface area contributed by atoms with Crippen LogP contribution in [0.3, 0.4) is 0 Å². The zero-order valence-corrected chi connectivity index (χ0v) is 12.5. The van der Waals surface area contributed by atoms with Gasteiger partial charge in [0, 0.05) is 33.4 Å². The molecule has 0 aromatic carbocycles. The van der Waals surface area contributed by atoms with Crippen molar-refractivity contribution in [1.82, 2.24) is 4.90 Å². The Bertz CT molecular complexity index is 225. The van der Waals surface area contributed by atoms with Gasteiger partial charge in [0.1, 0.15) is 6.61 Å². The summed E-state index contributed by atoms with van der Waals surface area (Å²) < 4.78 is 20.3. The molecule has 0 rings (SSSR count). The van der Waals surface area contributed by atoms with Gasteiger partial charge in [0.25, 0.3) is 0 Å². The fraction of sp³-hybridized carbons (Fsp3) is 0.923. The SMILES string of the molecule is CCOC(=O)COCCN(CCOC)C(C)COC. The van der Waals surface area contributed by atoms with Crippen molar-refractivity contribution in [2.75, 3.05) is 60.3 Å². The van der Waals surface area contributed by atoms with Crippen LogP contribution in [0.2, 0.25) is 0 Å². The van der Waals surface area contributed by atoms with E-state index in [-0.39, 0.29) is 18.6 Å². The van der Waals surface area contributed by atoms with E-state index < -0.39 is 0 Å². The van der Waals surface area contributed by atoms with Crippen molar-refractivity contribution in [2.24, 2.45) is 0 Å². The number of rotatable bonds is 12. The molecule has 0 aliphatic rings. The summed E-state index contributed by atoms with van der Waals surface area (Å²) in [6.07, 6.45) is 0. The fourth-order valence-corrected chi connectivity index (χ4v) is 1.65. The van der Waals surface area contributed by atoms with Gasteiger partial charge in [-0.15, -0.1) is 0 Å². The first-order valence-electron chi connectivity index (χ1n) is 6.61. The molecule has 0 amide bonds. The normalized spacial score (nSPS) is 12.7. The monoisotopic (exact) mass is 277 g/mol. The highest BCUT2D eigenvalue weighted by Crippen LogP contribution is 1.99. The molecule has 19 heavy (non-hydrogen) atoms. The van der Waals surface area contributed by atoms with E-state index >= 15 is 0 Å². The lowest BCUT2D eigenvalue weighted by Crippen LogP contribution is -2.40. The van der Waals surface area contributed by atoms with Gasteiger partial charge < -0.3 is 18.9 Å². The average Bonchev–Trinajstić information content (AvgIpc) is 2.38. The minimum atomic E-state index is -0.323. The molecule has 0 spiro atoms. The Balaban J connectivity index is 3.87. The highest BCUT2D eigenvalue weighted by atomic mass is 16.6. The summed E-state index contributed by atoms with van der Waals surface area (Å²) in [5, 5.41) is 0. The van der Waals surface area contributed by atoms with Crippen LogP contribution in [0.5, 0.6) is 0 Å². The van der Waals surface area contributed by atoms with Crippen LogP contribution in [-0.4, -0.2) is 77.3 Å². The van der Waals surface area contributed by atoms with Crippen LogP contribution in [0.25, 0.3) is 0 Å². The molecule has 0 aliphatic carbocycles. The van der Waals surface area contributed by atoms with Crippen LogP contribution in [0.15, 0.2) is 0 Å². The Labute approximate surface area is 115 Å². The van der Waals surface area contributed by atoms with Crippen molar-refractivity contribution >= 4 is 5.97 Å². The van der Waals surface area contributed by atoms with E-state index in [4.69, 9.17) is 18.9 Å². The molecule has 0 saturated carbocycles. The minimum absolute atomic E-state index is 0.00458. The van der Waals surface area contributed by atoms with Gasteiger partial charge in [-0.25, -0.2) is 4.79 Å². The van der Waals surface area contributed by atoms with Crippen molar-refractivity contribution in [3.8, 4) is 0 Å². The number of hydrogen-bond acceptors (Lipinski definition) is 6. The first-order valence-corrected chi connectivity index (χ1v) is 6.61. The highest BCUT2D eigenvalue weighted by Gasteiger charge is 2.13. The van der Waals surface area contributed by atoms with Gasteiger partial charge in [-0.2, -0.15) is 0 Å². The quantitative estimate of drug-likeness (QED) is 0.383. The molecule has 1 unspecified atom stereocenters. The highest BCUT2D eigenvalue weighted by molar-refractivity contribution is 5.70.